The molecule has 8 heteroatoms. The number of rotatable bonds is 7. The molecule has 19 heavy (non-hydrogen) atoms. The highest BCUT2D eigenvalue weighted by atomic mass is 32.2. The Labute approximate surface area is 113 Å². The molecule has 1 aromatic heterocycles. The lowest BCUT2D eigenvalue weighted by Gasteiger charge is -2.37. The van der Waals surface area contributed by atoms with Crippen LogP contribution in [0.15, 0.2) is 17.3 Å². The number of hydrogen-bond acceptors (Lipinski definition) is 5. The normalized spacial score (nSPS) is 17.6. The fourth-order valence-electron chi connectivity index (χ4n) is 1.87. The number of hydrogen-bond donors (Lipinski definition) is 0. The summed E-state index contributed by atoms with van der Waals surface area (Å²) >= 11 is 0. The molecule has 1 aliphatic rings. The van der Waals surface area contributed by atoms with Crippen molar-refractivity contribution in [3.63, 3.8) is 0 Å². The van der Waals surface area contributed by atoms with Crippen LogP contribution in [0.1, 0.15) is 6.92 Å². The van der Waals surface area contributed by atoms with E-state index in [1.54, 1.807) is 11.8 Å². The SMILES string of the molecule is CCOC1CN(S(=O)(=O)c2cnn(CCOC)c2)C1. The monoisotopic (exact) mass is 289 g/mol. The number of methoxy groups -OCH3 is 1. The summed E-state index contributed by atoms with van der Waals surface area (Å²) in [6, 6.07) is 0. The highest BCUT2D eigenvalue weighted by Gasteiger charge is 2.37. The van der Waals surface area contributed by atoms with E-state index in [0.717, 1.165) is 0 Å². The molecule has 1 fully saturated rings. The zero-order valence-corrected chi connectivity index (χ0v) is 12.0. The average molecular weight is 289 g/mol. The second kappa shape index (κ2) is 6.00. The van der Waals surface area contributed by atoms with Crippen LogP contribution in [0.2, 0.25) is 0 Å². The lowest BCUT2D eigenvalue weighted by Crippen LogP contribution is -2.54. The summed E-state index contributed by atoms with van der Waals surface area (Å²) in [5.74, 6) is 0. The number of aromatic nitrogens is 2. The Morgan fingerprint density at radius 3 is 2.84 bits per heavy atom. The molecule has 0 unspecified atom stereocenters. The van der Waals surface area contributed by atoms with E-state index >= 15 is 0 Å². The van der Waals surface area contributed by atoms with Gasteiger partial charge in [-0.15, -0.1) is 0 Å². The average Bonchev–Trinajstić information content (AvgIpc) is 2.79. The first-order valence-corrected chi connectivity index (χ1v) is 7.65. The second-order valence-corrected chi connectivity index (χ2v) is 6.27. The van der Waals surface area contributed by atoms with E-state index in [1.807, 2.05) is 6.92 Å². The van der Waals surface area contributed by atoms with Gasteiger partial charge in [0, 0.05) is 33.0 Å². The Morgan fingerprint density at radius 2 is 2.21 bits per heavy atom. The molecule has 1 aliphatic heterocycles. The van der Waals surface area contributed by atoms with Gasteiger partial charge < -0.3 is 9.47 Å². The zero-order chi connectivity index (χ0) is 13.9. The molecule has 0 radical (unpaired) electrons. The molecule has 1 aromatic rings. The van der Waals surface area contributed by atoms with E-state index in [-0.39, 0.29) is 11.0 Å². The molecule has 7 nitrogen and oxygen atoms in total. The first kappa shape index (κ1) is 14.4. The van der Waals surface area contributed by atoms with Crippen molar-refractivity contribution in [3.05, 3.63) is 12.4 Å². The molecule has 0 N–H and O–H groups in total. The fourth-order valence-corrected chi connectivity index (χ4v) is 3.33. The van der Waals surface area contributed by atoms with Gasteiger partial charge in [0.05, 0.1) is 25.5 Å². The Morgan fingerprint density at radius 1 is 1.47 bits per heavy atom. The molecule has 0 spiro atoms. The Bertz CT molecular complexity index is 508. The number of ether oxygens (including phenoxy) is 2. The van der Waals surface area contributed by atoms with Crippen LogP contribution >= 0.6 is 0 Å². The highest BCUT2D eigenvalue weighted by Crippen LogP contribution is 2.22. The molecule has 108 valence electrons. The maximum Gasteiger partial charge on any atom is 0.246 e. The summed E-state index contributed by atoms with van der Waals surface area (Å²) in [7, 11) is -1.84. The maximum absolute atomic E-state index is 12.2. The first-order valence-electron chi connectivity index (χ1n) is 6.21. The van der Waals surface area contributed by atoms with Crippen LogP contribution in [-0.4, -0.2) is 62.0 Å². The van der Waals surface area contributed by atoms with Crippen LogP contribution in [-0.2, 0) is 26.0 Å². The molecule has 0 atom stereocenters. The van der Waals surface area contributed by atoms with Crippen LogP contribution in [0.4, 0.5) is 0 Å². The third kappa shape index (κ3) is 3.14. The summed E-state index contributed by atoms with van der Waals surface area (Å²) in [6.45, 7) is 4.37. The number of nitrogens with zero attached hydrogens (tertiary/aromatic N) is 3. The Balaban J connectivity index is 1.98. The van der Waals surface area contributed by atoms with Gasteiger partial charge >= 0.3 is 0 Å². The molecule has 2 heterocycles. The summed E-state index contributed by atoms with van der Waals surface area (Å²) < 4.78 is 37.7. The van der Waals surface area contributed by atoms with Crippen molar-refractivity contribution in [2.45, 2.75) is 24.5 Å². The number of sulfonamides is 1. The highest BCUT2D eigenvalue weighted by molar-refractivity contribution is 7.89. The lowest BCUT2D eigenvalue weighted by molar-refractivity contribution is -0.0135. The summed E-state index contributed by atoms with van der Waals surface area (Å²) in [4.78, 5) is 0.221. The first-order chi connectivity index (χ1) is 9.07. The largest absolute Gasteiger partial charge is 0.383 e. The van der Waals surface area contributed by atoms with Crippen molar-refractivity contribution < 1.29 is 17.9 Å². The molecule has 1 saturated heterocycles. The summed E-state index contributed by atoms with van der Waals surface area (Å²) in [5.41, 5.74) is 0. The minimum Gasteiger partial charge on any atom is -0.383 e. The van der Waals surface area contributed by atoms with Gasteiger partial charge in [-0.3, -0.25) is 4.68 Å². The van der Waals surface area contributed by atoms with E-state index in [0.29, 0.717) is 32.8 Å². The molecular formula is C11H19N3O4S. The van der Waals surface area contributed by atoms with Gasteiger partial charge in [0.1, 0.15) is 4.90 Å². The predicted octanol–water partition coefficient (Wildman–Crippen LogP) is -0.0611. The van der Waals surface area contributed by atoms with E-state index in [9.17, 15) is 8.42 Å². The Hall–Kier alpha value is -0.960. The van der Waals surface area contributed by atoms with Crippen molar-refractivity contribution in [2.24, 2.45) is 0 Å². The fraction of sp³-hybridized carbons (Fsp3) is 0.727. The molecule has 0 aliphatic carbocycles. The smallest absolute Gasteiger partial charge is 0.246 e. The van der Waals surface area contributed by atoms with Crippen LogP contribution in [0.25, 0.3) is 0 Å². The topological polar surface area (TPSA) is 73.7 Å². The molecule has 2 rings (SSSR count). The van der Waals surface area contributed by atoms with Crippen molar-refractivity contribution >= 4 is 10.0 Å². The lowest BCUT2D eigenvalue weighted by atomic mass is 10.2. The quantitative estimate of drug-likeness (QED) is 0.703. The van der Waals surface area contributed by atoms with Crippen LogP contribution in [0.5, 0.6) is 0 Å². The molecule has 0 saturated carbocycles. The van der Waals surface area contributed by atoms with Gasteiger partial charge in [0.2, 0.25) is 10.0 Å². The molecule has 0 aromatic carbocycles. The van der Waals surface area contributed by atoms with Gasteiger partial charge in [0.25, 0.3) is 0 Å². The third-order valence-corrected chi connectivity index (χ3v) is 4.77. The van der Waals surface area contributed by atoms with Gasteiger partial charge in [-0.1, -0.05) is 0 Å². The summed E-state index contributed by atoms with van der Waals surface area (Å²) in [6.07, 6.45) is 2.92. The van der Waals surface area contributed by atoms with Crippen molar-refractivity contribution in [1.82, 2.24) is 14.1 Å². The van der Waals surface area contributed by atoms with E-state index in [2.05, 4.69) is 5.10 Å². The predicted molar refractivity (Wildman–Crippen MR) is 68.3 cm³/mol. The van der Waals surface area contributed by atoms with Gasteiger partial charge in [-0.2, -0.15) is 9.40 Å². The second-order valence-electron chi connectivity index (χ2n) is 4.33. The van der Waals surface area contributed by atoms with Crippen molar-refractivity contribution in [3.8, 4) is 0 Å². The standard InChI is InChI=1S/C11H19N3O4S/c1-3-18-10-7-14(8-10)19(15,16)11-6-12-13(9-11)4-5-17-2/h6,9-10H,3-5,7-8H2,1-2H3. The zero-order valence-electron chi connectivity index (χ0n) is 11.2. The maximum atomic E-state index is 12.2. The molecule has 0 amide bonds. The molecule has 0 bridgehead atoms. The van der Waals surface area contributed by atoms with Gasteiger partial charge in [0.15, 0.2) is 0 Å². The van der Waals surface area contributed by atoms with Crippen molar-refractivity contribution in [2.75, 3.05) is 33.4 Å². The van der Waals surface area contributed by atoms with Crippen LogP contribution < -0.4 is 0 Å². The summed E-state index contributed by atoms with van der Waals surface area (Å²) in [5, 5.41) is 4.02. The van der Waals surface area contributed by atoms with Crippen LogP contribution in [0.3, 0.4) is 0 Å². The van der Waals surface area contributed by atoms with Crippen LogP contribution in [0, 0.1) is 0 Å². The molecular weight excluding hydrogens is 270 g/mol. The van der Waals surface area contributed by atoms with Crippen molar-refractivity contribution in [1.29, 1.82) is 0 Å². The van der Waals surface area contributed by atoms with E-state index in [4.69, 9.17) is 9.47 Å². The van der Waals surface area contributed by atoms with E-state index < -0.39 is 10.0 Å². The van der Waals surface area contributed by atoms with Gasteiger partial charge in [-0.25, -0.2) is 8.42 Å². The minimum absolute atomic E-state index is 0.0170. The Kier molecular flexibility index (Phi) is 4.56. The van der Waals surface area contributed by atoms with Gasteiger partial charge in [-0.05, 0) is 6.92 Å². The minimum atomic E-state index is -3.43. The third-order valence-electron chi connectivity index (χ3n) is 2.99. The van der Waals surface area contributed by atoms with E-state index in [1.165, 1.54) is 16.7 Å².